The summed E-state index contributed by atoms with van der Waals surface area (Å²) >= 11 is 0. The van der Waals surface area contributed by atoms with Gasteiger partial charge in [-0.3, -0.25) is 14.7 Å². The minimum absolute atomic E-state index is 0.0227. The first-order valence-electron chi connectivity index (χ1n) is 9.65. The lowest BCUT2D eigenvalue weighted by Gasteiger charge is -2.41. The van der Waals surface area contributed by atoms with Crippen molar-refractivity contribution in [2.45, 2.75) is 26.3 Å². The van der Waals surface area contributed by atoms with E-state index in [2.05, 4.69) is 39.7 Å². The molecule has 1 fully saturated rings. The number of ether oxygens (including phenoxy) is 1. The van der Waals surface area contributed by atoms with Gasteiger partial charge in [-0.15, -0.1) is 0 Å². The van der Waals surface area contributed by atoms with E-state index in [1.165, 1.54) is 6.07 Å². The van der Waals surface area contributed by atoms with Gasteiger partial charge >= 0.3 is 0 Å². The van der Waals surface area contributed by atoms with E-state index in [4.69, 9.17) is 4.74 Å². The minimum Gasteiger partial charge on any atom is -0.379 e. The Kier molecular flexibility index (Phi) is 8.19. The summed E-state index contributed by atoms with van der Waals surface area (Å²) in [6.45, 7) is 11.1. The molecule has 3 N–H and O–H groups in total. The van der Waals surface area contributed by atoms with Crippen molar-refractivity contribution in [2.75, 3.05) is 53.0 Å². The first-order chi connectivity index (χ1) is 13.3. The Balaban J connectivity index is 1.71. The molecule has 1 aliphatic heterocycles. The third-order valence-electron chi connectivity index (χ3n) is 4.92. The number of carbonyl (C=O) groups is 1. The SMILES string of the molecule is CN=C(NCCNC(=O)c1ccc(C)c(F)c1)NCC(C)(C)N1CCOCC1. The minimum atomic E-state index is -0.377. The highest BCUT2D eigenvalue weighted by Crippen LogP contribution is 2.15. The fraction of sp³-hybridized carbons (Fsp3) is 0.600. The van der Waals surface area contributed by atoms with Crippen molar-refractivity contribution >= 4 is 11.9 Å². The van der Waals surface area contributed by atoms with Crippen LogP contribution in [0.25, 0.3) is 0 Å². The van der Waals surface area contributed by atoms with Crippen LogP contribution in [0, 0.1) is 12.7 Å². The molecule has 8 heteroatoms. The van der Waals surface area contributed by atoms with Gasteiger partial charge in [-0.25, -0.2) is 4.39 Å². The molecule has 0 saturated carbocycles. The maximum Gasteiger partial charge on any atom is 0.251 e. The van der Waals surface area contributed by atoms with Gasteiger partial charge in [0.05, 0.1) is 13.2 Å². The molecule has 2 rings (SSSR count). The molecule has 0 atom stereocenters. The molecule has 7 nitrogen and oxygen atoms in total. The van der Waals surface area contributed by atoms with Crippen LogP contribution in [0.3, 0.4) is 0 Å². The van der Waals surface area contributed by atoms with Crippen LogP contribution >= 0.6 is 0 Å². The summed E-state index contributed by atoms with van der Waals surface area (Å²) in [5, 5.41) is 9.29. The number of morpholine rings is 1. The molecule has 1 aromatic rings. The normalized spacial score (nSPS) is 16.0. The fourth-order valence-electron chi connectivity index (χ4n) is 2.99. The number of hydrogen-bond donors (Lipinski definition) is 3. The van der Waals surface area contributed by atoms with Crippen molar-refractivity contribution in [2.24, 2.45) is 4.99 Å². The smallest absolute Gasteiger partial charge is 0.251 e. The summed E-state index contributed by atoms with van der Waals surface area (Å²) in [6, 6.07) is 4.48. The van der Waals surface area contributed by atoms with Gasteiger partial charge < -0.3 is 20.7 Å². The van der Waals surface area contributed by atoms with Gasteiger partial charge in [0.25, 0.3) is 5.91 Å². The van der Waals surface area contributed by atoms with Crippen molar-refractivity contribution in [3.63, 3.8) is 0 Å². The third-order valence-corrected chi connectivity index (χ3v) is 4.92. The number of nitrogens with zero attached hydrogens (tertiary/aromatic N) is 2. The van der Waals surface area contributed by atoms with Crippen molar-refractivity contribution in [3.05, 3.63) is 35.1 Å². The van der Waals surface area contributed by atoms with E-state index in [0.29, 0.717) is 30.2 Å². The molecule has 1 saturated heterocycles. The number of hydrogen-bond acceptors (Lipinski definition) is 4. The predicted molar refractivity (Wildman–Crippen MR) is 109 cm³/mol. The second-order valence-electron chi connectivity index (χ2n) is 7.48. The molecule has 1 aromatic carbocycles. The quantitative estimate of drug-likeness (QED) is 0.368. The van der Waals surface area contributed by atoms with Crippen molar-refractivity contribution in [1.29, 1.82) is 0 Å². The molecule has 0 radical (unpaired) electrons. The second kappa shape index (κ2) is 10.4. The topological polar surface area (TPSA) is 78.0 Å². The Hall–Kier alpha value is -2.19. The van der Waals surface area contributed by atoms with Crippen molar-refractivity contribution < 1.29 is 13.9 Å². The molecular formula is C20H32FN5O2. The molecule has 28 heavy (non-hydrogen) atoms. The maximum absolute atomic E-state index is 13.6. The lowest BCUT2D eigenvalue weighted by atomic mass is 10.0. The van der Waals surface area contributed by atoms with Crippen LogP contribution in [0.5, 0.6) is 0 Å². The first-order valence-corrected chi connectivity index (χ1v) is 9.65. The summed E-state index contributed by atoms with van der Waals surface area (Å²) in [7, 11) is 1.71. The van der Waals surface area contributed by atoms with Gasteiger partial charge in [-0.2, -0.15) is 0 Å². The van der Waals surface area contributed by atoms with Crippen LogP contribution in [0.2, 0.25) is 0 Å². The van der Waals surface area contributed by atoms with Crippen molar-refractivity contribution in [1.82, 2.24) is 20.9 Å². The standard InChI is InChI=1S/C20H32FN5O2/c1-15-5-6-16(13-17(15)21)18(27)23-7-8-24-19(22-4)25-14-20(2,3)26-9-11-28-12-10-26/h5-6,13H,7-12,14H2,1-4H3,(H,23,27)(H2,22,24,25). The number of halogens is 1. The van der Waals surface area contributed by atoms with E-state index in [9.17, 15) is 9.18 Å². The van der Waals surface area contributed by atoms with E-state index in [-0.39, 0.29) is 17.3 Å². The van der Waals surface area contributed by atoms with Crippen LogP contribution < -0.4 is 16.0 Å². The number of rotatable bonds is 7. The molecule has 156 valence electrons. The summed E-state index contributed by atoms with van der Waals surface area (Å²) in [5.41, 5.74) is 0.816. The Bertz CT molecular complexity index is 687. The number of benzene rings is 1. The number of carbonyl (C=O) groups excluding carboxylic acids is 1. The molecule has 0 unspecified atom stereocenters. The Morgan fingerprint density at radius 1 is 1.21 bits per heavy atom. The van der Waals surface area contributed by atoms with E-state index in [1.807, 2.05) is 0 Å². The Morgan fingerprint density at radius 3 is 2.54 bits per heavy atom. The van der Waals surface area contributed by atoms with E-state index in [1.54, 1.807) is 26.1 Å². The molecule has 1 amide bonds. The highest BCUT2D eigenvalue weighted by molar-refractivity contribution is 5.94. The molecule has 0 aromatic heterocycles. The molecular weight excluding hydrogens is 361 g/mol. The Morgan fingerprint density at radius 2 is 1.89 bits per heavy atom. The molecule has 0 bridgehead atoms. The number of nitrogens with one attached hydrogen (secondary N) is 3. The number of aryl methyl sites for hydroxylation is 1. The number of aliphatic imine (C=N–C) groups is 1. The molecule has 1 heterocycles. The Labute approximate surface area is 166 Å². The van der Waals surface area contributed by atoms with Crippen LogP contribution in [-0.4, -0.2) is 75.3 Å². The van der Waals surface area contributed by atoms with Gasteiger partial charge in [0.1, 0.15) is 5.82 Å². The van der Waals surface area contributed by atoms with Gasteiger partial charge in [0.15, 0.2) is 5.96 Å². The van der Waals surface area contributed by atoms with Crippen molar-refractivity contribution in [3.8, 4) is 0 Å². The average molecular weight is 394 g/mol. The summed E-state index contributed by atoms with van der Waals surface area (Å²) in [6.07, 6.45) is 0. The predicted octanol–water partition coefficient (Wildman–Crippen LogP) is 1.14. The van der Waals surface area contributed by atoms with E-state index < -0.39 is 0 Å². The zero-order valence-electron chi connectivity index (χ0n) is 17.3. The fourth-order valence-corrected chi connectivity index (χ4v) is 2.99. The third kappa shape index (κ3) is 6.45. The number of guanidine groups is 1. The van der Waals surface area contributed by atoms with Crippen LogP contribution in [0.15, 0.2) is 23.2 Å². The zero-order valence-corrected chi connectivity index (χ0v) is 17.3. The lowest BCUT2D eigenvalue weighted by molar-refractivity contribution is -0.00833. The zero-order chi connectivity index (χ0) is 20.6. The summed E-state index contributed by atoms with van der Waals surface area (Å²) in [5.74, 6) is 0.00678. The van der Waals surface area contributed by atoms with E-state index in [0.717, 1.165) is 32.8 Å². The van der Waals surface area contributed by atoms with Gasteiger partial charge in [0.2, 0.25) is 0 Å². The molecule has 0 spiro atoms. The largest absolute Gasteiger partial charge is 0.379 e. The maximum atomic E-state index is 13.6. The second-order valence-corrected chi connectivity index (χ2v) is 7.48. The van der Waals surface area contributed by atoms with Crippen LogP contribution in [0.4, 0.5) is 4.39 Å². The highest BCUT2D eigenvalue weighted by Gasteiger charge is 2.28. The lowest BCUT2D eigenvalue weighted by Crippen LogP contribution is -2.56. The van der Waals surface area contributed by atoms with Crippen LogP contribution in [0.1, 0.15) is 29.8 Å². The van der Waals surface area contributed by atoms with Gasteiger partial charge in [0, 0.05) is 50.9 Å². The molecule has 0 aliphatic carbocycles. The number of amides is 1. The average Bonchev–Trinajstić information content (AvgIpc) is 2.70. The summed E-state index contributed by atoms with van der Waals surface area (Å²) in [4.78, 5) is 18.7. The van der Waals surface area contributed by atoms with Gasteiger partial charge in [-0.05, 0) is 38.5 Å². The summed E-state index contributed by atoms with van der Waals surface area (Å²) < 4.78 is 19.0. The van der Waals surface area contributed by atoms with Gasteiger partial charge in [-0.1, -0.05) is 6.07 Å². The van der Waals surface area contributed by atoms with E-state index >= 15 is 0 Å². The first kappa shape index (κ1) is 22.1. The monoisotopic (exact) mass is 393 g/mol. The highest BCUT2D eigenvalue weighted by atomic mass is 19.1. The van der Waals surface area contributed by atoms with Crippen LogP contribution in [-0.2, 0) is 4.74 Å². The molecule has 1 aliphatic rings.